The molecule has 0 aliphatic carbocycles. The maximum atomic E-state index is 12.6. The van der Waals surface area contributed by atoms with Gasteiger partial charge in [-0.1, -0.05) is 23.7 Å². The van der Waals surface area contributed by atoms with Crippen molar-refractivity contribution < 1.29 is 13.2 Å². The number of aromatic nitrogens is 2. The van der Waals surface area contributed by atoms with Crippen molar-refractivity contribution in [3.63, 3.8) is 0 Å². The Hall–Kier alpha value is -1.53. The second-order valence-corrected chi connectivity index (χ2v) is 4.66. The molecular formula is C12H8Cl2F3N3. The summed E-state index contributed by atoms with van der Waals surface area (Å²) in [5.74, 6) is -0.00250. The number of nitrogens with one attached hydrogen (secondary N) is 1. The molecule has 0 aliphatic heterocycles. The molecular weight excluding hydrogens is 314 g/mol. The first kappa shape index (κ1) is 14.9. The Morgan fingerprint density at radius 3 is 2.50 bits per heavy atom. The Morgan fingerprint density at radius 2 is 1.85 bits per heavy atom. The van der Waals surface area contributed by atoms with Gasteiger partial charge in [0, 0.05) is 17.6 Å². The van der Waals surface area contributed by atoms with Gasteiger partial charge in [0.15, 0.2) is 5.69 Å². The largest absolute Gasteiger partial charge is 0.433 e. The number of rotatable bonds is 3. The first-order valence-electron chi connectivity index (χ1n) is 5.45. The molecule has 1 N–H and O–H groups in total. The summed E-state index contributed by atoms with van der Waals surface area (Å²) in [6.07, 6.45) is -4.57. The van der Waals surface area contributed by atoms with Crippen molar-refractivity contribution in [1.82, 2.24) is 9.97 Å². The first-order chi connectivity index (χ1) is 9.34. The average Bonchev–Trinajstić information content (AvgIpc) is 2.35. The lowest BCUT2D eigenvalue weighted by molar-refractivity contribution is -0.141. The molecule has 1 aromatic heterocycles. The van der Waals surface area contributed by atoms with Gasteiger partial charge in [-0.25, -0.2) is 9.97 Å². The van der Waals surface area contributed by atoms with Gasteiger partial charge < -0.3 is 5.32 Å². The van der Waals surface area contributed by atoms with Crippen molar-refractivity contribution in [2.75, 3.05) is 5.32 Å². The molecule has 1 aromatic carbocycles. The Balaban J connectivity index is 2.16. The predicted molar refractivity (Wildman–Crippen MR) is 70.8 cm³/mol. The fourth-order valence-corrected chi connectivity index (χ4v) is 1.89. The zero-order valence-corrected chi connectivity index (χ0v) is 11.4. The fraction of sp³-hybridized carbons (Fsp3) is 0.167. The van der Waals surface area contributed by atoms with E-state index in [0.29, 0.717) is 5.02 Å². The maximum absolute atomic E-state index is 12.6. The van der Waals surface area contributed by atoms with Crippen molar-refractivity contribution in [1.29, 1.82) is 0 Å². The molecule has 8 heteroatoms. The molecule has 0 fully saturated rings. The van der Waals surface area contributed by atoms with E-state index in [-0.39, 0.29) is 12.4 Å². The van der Waals surface area contributed by atoms with Crippen molar-refractivity contribution >= 4 is 29.0 Å². The molecule has 0 spiro atoms. The Kier molecular flexibility index (Phi) is 4.35. The van der Waals surface area contributed by atoms with Gasteiger partial charge in [-0.15, -0.1) is 0 Å². The number of benzene rings is 1. The zero-order valence-electron chi connectivity index (χ0n) is 9.88. The van der Waals surface area contributed by atoms with Gasteiger partial charge in [-0.2, -0.15) is 13.2 Å². The molecule has 0 saturated heterocycles. The summed E-state index contributed by atoms with van der Waals surface area (Å²) in [6, 6.07) is 7.73. The summed E-state index contributed by atoms with van der Waals surface area (Å²) in [5, 5.41) is 2.83. The van der Waals surface area contributed by atoms with Gasteiger partial charge in [-0.3, -0.25) is 0 Å². The zero-order chi connectivity index (χ0) is 14.8. The van der Waals surface area contributed by atoms with Gasteiger partial charge in [0.1, 0.15) is 5.82 Å². The molecule has 20 heavy (non-hydrogen) atoms. The summed E-state index contributed by atoms with van der Waals surface area (Å²) in [6.45, 7) is 0.269. The molecule has 0 unspecified atom stereocenters. The molecule has 0 amide bonds. The van der Waals surface area contributed by atoms with E-state index in [1.54, 1.807) is 24.3 Å². The van der Waals surface area contributed by atoms with Crippen LogP contribution in [0, 0.1) is 0 Å². The highest BCUT2D eigenvalue weighted by molar-refractivity contribution is 6.30. The number of hydrogen-bond donors (Lipinski definition) is 1. The van der Waals surface area contributed by atoms with Crippen molar-refractivity contribution in [2.24, 2.45) is 0 Å². The summed E-state index contributed by atoms with van der Waals surface area (Å²) in [5.41, 5.74) is -0.285. The third kappa shape index (κ3) is 3.98. The van der Waals surface area contributed by atoms with Crippen LogP contribution in [0.15, 0.2) is 30.3 Å². The number of hydrogen-bond acceptors (Lipinski definition) is 3. The Bertz CT molecular complexity index is 617. The number of alkyl halides is 3. The summed E-state index contributed by atoms with van der Waals surface area (Å²) in [4.78, 5) is 6.84. The van der Waals surface area contributed by atoms with Crippen molar-refractivity contribution in [3.05, 3.63) is 51.9 Å². The topological polar surface area (TPSA) is 37.8 Å². The molecule has 1 heterocycles. The SMILES string of the molecule is FC(F)(F)c1cc(NCc2cccc(Cl)c2)nc(Cl)n1. The third-order valence-electron chi connectivity index (χ3n) is 2.35. The van der Waals surface area contributed by atoms with Crippen LogP contribution in [0.25, 0.3) is 0 Å². The van der Waals surface area contributed by atoms with E-state index < -0.39 is 17.2 Å². The minimum atomic E-state index is -4.57. The molecule has 0 atom stereocenters. The van der Waals surface area contributed by atoms with Crippen LogP contribution < -0.4 is 5.32 Å². The van der Waals surface area contributed by atoms with E-state index in [9.17, 15) is 13.2 Å². The van der Waals surface area contributed by atoms with Crippen LogP contribution in [-0.4, -0.2) is 9.97 Å². The standard InChI is InChI=1S/C12H8Cl2F3N3/c13-8-3-1-2-7(4-8)6-18-10-5-9(12(15,16)17)19-11(14)20-10/h1-5H,6H2,(H,18,19,20). The highest BCUT2D eigenvalue weighted by Gasteiger charge is 2.33. The van der Waals surface area contributed by atoms with E-state index in [2.05, 4.69) is 15.3 Å². The van der Waals surface area contributed by atoms with Crippen LogP contribution in [0.2, 0.25) is 10.3 Å². The maximum Gasteiger partial charge on any atom is 0.433 e. The van der Waals surface area contributed by atoms with E-state index in [1.807, 2.05) is 0 Å². The molecule has 0 aliphatic rings. The summed E-state index contributed by atoms with van der Waals surface area (Å²) >= 11 is 11.3. The number of halogens is 5. The van der Waals surface area contributed by atoms with E-state index in [4.69, 9.17) is 23.2 Å². The first-order valence-corrected chi connectivity index (χ1v) is 6.20. The molecule has 2 aromatic rings. The lowest BCUT2D eigenvalue weighted by Crippen LogP contribution is -2.11. The second-order valence-electron chi connectivity index (χ2n) is 3.89. The lowest BCUT2D eigenvalue weighted by Gasteiger charge is -2.10. The normalized spacial score (nSPS) is 11.4. The summed E-state index contributed by atoms with van der Waals surface area (Å²) < 4.78 is 37.7. The van der Waals surface area contributed by atoms with E-state index in [1.165, 1.54) is 0 Å². The molecule has 0 radical (unpaired) electrons. The van der Waals surface area contributed by atoms with Crippen LogP contribution >= 0.6 is 23.2 Å². The molecule has 0 bridgehead atoms. The molecule has 106 valence electrons. The third-order valence-corrected chi connectivity index (χ3v) is 2.76. The molecule has 2 rings (SSSR count). The highest BCUT2D eigenvalue weighted by Crippen LogP contribution is 2.29. The van der Waals surface area contributed by atoms with E-state index in [0.717, 1.165) is 11.6 Å². The lowest BCUT2D eigenvalue weighted by atomic mass is 10.2. The summed E-state index contributed by atoms with van der Waals surface area (Å²) in [7, 11) is 0. The van der Waals surface area contributed by atoms with Gasteiger partial charge in [-0.05, 0) is 29.3 Å². The van der Waals surface area contributed by atoms with Crippen molar-refractivity contribution in [2.45, 2.75) is 12.7 Å². The predicted octanol–water partition coefficient (Wildman–Crippen LogP) is 4.41. The molecule has 3 nitrogen and oxygen atoms in total. The van der Waals surface area contributed by atoms with Crippen LogP contribution in [0.5, 0.6) is 0 Å². The number of nitrogens with zero attached hydrogens (tertiary/aromatic N) is 2. The minimum Gasteiger partial charge on any atom is -0.366 e. The van der Waals surface area contributed by atoms with Gasteiger partial charge in [0.2, 0.25) is 5.28 Å². The van der Waals surface area contributed by atoms with Gasteiger partial charge in [0.05, 0.1) is 0 Å². The Morgan fingerprint density at radius 1 is 1.10 bits per heavy atom. The Labute approximate surface area is 122 Å². The minimum absolute atomic E-state index is 0.00250. The monoisotopic (exact) mass is 321 g/mol. The van der Waals surface area contributed by atoms with Crippen LogP contribution in [0.1, 0.15) is 11.3 Å². The van der Waals surface area contributed by atoms with Crippen molar-refractivity contribution in [3.8, 4) is 0 Å². The van der Waals surface area contributed by atoms with Gasteiger partial charge in [0.25, 0.3) is 0 Å². The fourth-order valence-electron chi connectivity index (χ4n) is 1.49. The van der Waals surface area contributed by atoms with Gasteiger partial charge >= 0.3 is 6.18 Å². The second kappa shape index (κ2) is 5.85. The highest BCUT2D eigenvalue weighted by atomic mass is 35.5. The smallest absolute Gasteiger partial charge is 0.366 e. The van der Waals surface area contributed by atoms with Crippen LogP contribution in [0.4, 0.5) is 19.0 Å². The van der Waals surface area contributed by atoms with Crippen LogP contribution in [0.3, 0.4) is 0 Å². The quantitative estimate of drug-likeness (QED) is 0.851. The van der Waals surface area contributed by atoms with E-state index >= 15 is 0 Å². The average molecular weight is 322 g/mol. The van der Waals surface area contributed by atoms with Crippen LogP contribution in [-0.2, 0) is 12.7 Å². The molecule has 0 saturated carbocycles. The number of anilines is 1.